The van der Waals surface area contributed by atoms with Gasteiger partial charge in [0.1, 0.15) is 11.9 Å². The molecule has 24 heavy (non-hydrogen) atoms. The lowest BCUT2D eigenvalue weighted by Gasteiger charge is -2.28. The lowest BCUT2D eigenvalue weighted by molar-refractivity contribution is -0.116. The first kappa shape index (κ1) is 18.5. The Morgan fingerprint density at radius 1 is 1.21 bits per heavy atom. The number of nitrogens with zero attached hydrogens (tertiary/aromatic N) is 2. The minimum Gasteiger partial charge on any atom is -0.309 e. The normalized spacial score (nSPS) is 12.5. The third-order valence-electron chi connectivity index (χ3n) is 3.16. The average molecular weight is 388 g/mol. The number of carbonyl (C=O) groups excluding carboxylic acids is 1. The van der Waals surface area contributed by atoms with Crippen LogP contribution in [0.25, 0.3) is 0 Å². The van der Waals surface area contributed by atoms with E-state index in [1.807, 2.05) is 0 Å². The Hall–Kier alpha value is -1.83. The molecule has 1 amide bonds. The largest absolute Gasteiger partial charge is 0.309 e. The second kappa shape index (κ2) is 7.38. The number of aromatic nitrogens is 1. The van der Waals surface area contributed by atoms with Crippen molar-refractivity contribution in [2.45, 2.75) is 13.0 Å². The van der Waals surface area contributed by atoms with E-state index in [1.165, 1.54) is 25.3 Å². The summed E-state index contributed by atoms with van der Waals surface area (Å²) in [6.45, 7) is 1.47. The number of amides is 1. The van der Waals surface area contributed by atoms with Crippen LogP contribution < -0.4 is 9.62 Å². The molecule has 0 aliphatic rings. The van der Waals surface area contributed by atoms with Crippen molar-refractivity contribution in [2.24, 2.45) is 0 Å². The molecule has 128 valence electrons. The highest BCUT2D eigenvalue weighted by Crippen LogP contribution is 2.29. The fourth-order valence-electron chi connectivity index (χ4n) is 2.09. The Bertz CT molecular complexity index is 841. The lowest BCUT2D eigenvalue weighted by atomic mass is 10.2. The van der Waals surface area contributed by atoms with Crippen LogP contribution in [0.3, 0.4) is 0 Å². The highest BCUT2D eigenvalue weighted by molar-refractivity contribution is 7.92. The van der Waals surface area contributed by atoms with Crippen LogP contribution in [0.2, 0.25) is 10.0 Å². The van der Waals surface area contributed by atoms with E-state index in [-0.39, 0.29) is 16.5 Å². The Morgan fingerprint density at radius 2 is 1.88 bits per heavy atom. The second-order valence-electron chi connectivity index (χ2n) is 5.04. The molecule has 0 radical (unpaired) electrons. The first-order chi connectivity index (χ1) is 11.2. The molecular formula is C15H15Cl2N3O3S. The van der Waals surface area contributed by atoms with E-state index < -0.39 is 22.0 Å². The van der Waals surface area contributed by atoms with Crippen LogP contribution in [0.4, 0.5) is 11.5 Å². The number of pyridine rings is 1. The molecule has 6 nitrogen and oxygen atoms in total. The first-order valence-electron chi connectivity index (χ1n) is 6.86. The summed E-state index contributed by atoms with van der Waals surface area (Å²) in [5, 5.41) is 3.21. The zero-order chi connectivity index (χ0) is 17.9. The molecule has 1 aromatic carbocycles. The van der Waals surface area contributed by atoms with Gasteiger partial charge in [-0.05, 0) is 31.2 Å². The monoisotopic (exact) mass is 387 g/mol. The Morgan fingerprint density at radius 3 is 2.42 bits per heavy atom. The van der Waals surface area contributed by atoms with Gasteiger partial charge >= 0.3 is 0 Å². The minimum atomic E-state index is -3.74. The molecule has 0 aliphatic heterocycles. The molecule has 0 spiro atoms. The Balaban J connectivity index is 2.31. The molecule has 0 aliphatic carbocycles. The second-order valence-corrected chi connectivity index (χ2v) is 7.74. The summed E-state index contributed by atoms with van der Waals surface area (Å²) in [5.74, 6) is -0.279. The van der Waals surface area contributed by atoms with Crippen LogP contribution in [0, 0.1) is 0 Å². The van der Waals surface area contributed by atoms with Crippen LogP contribution in [-0.4, -0.2) is 31.6 Å². The van der Waals surface area contributed by atoms with Crippen LogP contribution >= 0.6 is 23.2 Å². The molecule has 9 heteroatoms. The quantitative estimate of drug-likeness (QED) is 0.853. The summed E-state index contributed by atoms with van der Waals surface area (Å²) < 4.78 is 25.3. The molecule has 1 unspecified atom stereocenters. The number of anilines is 2. The van der Waals surface area contributed by atoms with Gasteiger partial charge in [-0.1, -0.05) is 35.3 Å². The molecular weight excluding hydrogens is 373 g/mol. The minimum absolute atomic E-state index is 0.229. The van der Waals surface area contributed by atoms with Crippen molar-refractivity contribution < 1.29 is 13.2 Å². The SMILES string of the molecule is CC(C(=O)Nc1ccc(Cl)cn1)N(c1ccccc1Cl)S(C)(=O)=O. The van der Waals surface area contributed by atoms with E-state index in [2.05, 4.69) is 10.3 Å². The molecule has 0 saturated carbocycles. The van der Waals surface area contributed by atoms with Crippen molar-refractivity contribution in [1.29, 1.82) is 0 Å². The number of hydrogen-bond donors (Lipinski definition) is 1. The fourth-order valence-corrected chi connectivity index (χ4v) is 3.67. The van der Waals surface area contributed by atoms with E-state index in [0.717, 1.165) is 10.6 Å². The number of rotatable bonds is 5. The summed E-state index contributed by atoms with van der Waals surface area (Å²) in [6.07, 6.45) is 2.39. The molecule has 0 saturated heterocycles. The molecule has 1 heterocycles. The van der Waals surface area contributed by atoms with Crippen molar-refractivity contribution in [3.8, 4) is 0 Å². The maximum Gasteiger partial charge on any atom is 0.249 e. The summed E-state index contributed by atoms with van der Waals surface area (Å²) in [4.78, 5) is 16.4. The van der Waals surface area contributed by atoms with Gasteiger partial charge in [-0.15, -0.1) is 0 Å². The number of hydrogen-bond acceptors (Lipinski definition) is 4. The van der Waals surface area contributed by atoms with Crippen molar-refractivity contribution >= 4 is 50.6 Å². The summed E-state index contributed by atoms with van der Waals surface area (Å²) in [7, 11) is -3.74. The van der Waals surface area contributed by atoms with E-state index in [0.29, 0.717) is 5.02 Å². The van der Waals surface area contributed by atoms with Gasteiger partial charge in [-0.25, -0.2) is 13.4 Å². The van der Waals surface area contributed by atoms with Crippen molar-refractivity contribution in [2.75, 3.05) is 15.9 Å². The molecule has 1 N–H and O–H groups in total. The number of benzene rings is 1. The number of carbonyl (C=O) groups is 1. The lowest BCUT2D eigenvalue weighted by Crippen LogP contribution is -2.45. The van der Waals surface area contributed by atoms with Crippen LogP contribution in [-0.2, 0) is 14.8 Å². The van der Waals surface area contributed by atoms with Crippen LogP contribution in [0.1, 0.15) is 6.92 Å². The highest BCUT2D eigenvalue weighted by atomic mass is 35.5. The highest BCUT2D eigenvalue weighted by Gasteiger charge is 2.30. The zero-order valence-electron chi connectivity index (χ0n) is 12.9. The van der Waals surface area contributed by atoms with Gasteiger partial charge in [-0.3, -0.25) is 9.10 Å². The molecule has 0 bridgehead atoms. The molecule has 2 aromatic rings. The van der Waals surface area contributed by atoms with Gasteiger partial charge in [0, 0.05) is 6.20 Å². The molecule has 2 rings (SSSR count). The van der Waals surface area contributed by atoms with E-state index >= 15 is 0 Å². The molecule has 1 aromatic heterocycles. The standard InChI is InChI=1S/C15H15Cl2N3O3S/c1-10(15(21)19-14-8-7-11(16)9-18-14)20(24(2,22)23)13-6-4-3-5-12(13)17/h3-10H,1-2H3,(H,18,19,21). The van der Waals surface area contributed by atoms with Crippen LogP contribution in [0.5, 0.6) is 0 Å². The Kier molecular flexibility index (Phi) is 5.69. The maximum atomic E-state index is 12.4. The van der Waals surface area contributed by atoms with Gasteiger partial charge < -0.3 is 5.32 Å². The average Bonchev–Trinajstić information content (AvgIpc) is 2.50. The summed E-state index contributed by atoms with van der Waals surface area (Å²) in [5.41, 5.74) is 0.230. The van der Waals surface area contributed by atoms with Crippen molar-refractivity contribution in [1.82, 2.24) is 4.98 Å². The van der Waals surface area contributed by atoms with Gasteiger partial charge in [0.2, 0.25) is 15.9 Å². The topological polar surface area (TPSA) is 79.4 Å². The third kappa shape index (κ3) is 4.37. The zero-order valence-corrected chi connectivity index (χ0v) is 15.2. The van der Waals surface area contributed by atoms with Gasteiger partial charge in [0.05, 0.1) is 22.0 Å². The predicted molar refractivity (Wildman–Crippen MR) is 96.1 cm³/mol. The smallest absolute Gasteiger partial charge is 0.249 e. The molecule has 0 fully saturated rings. The van der Waals surface area contributed by atoms with Gasteiger partial charge in [0.15, 0.2) is 0 Å². The Labute approximate surface area is 150 Å². The molecule has 1 atom stereocenters. The number of para-hydroxylation sites is 1. The van der Waals surface area contributed by atoms with E-state index in [9.17, 15) is 13.2 Å². The summed E-state index contributed by atoms with van der Waals surface area (Å²) >= 11 is 11.8. The predicted octanol–water partition coefficient (Wildman–Crippen LogP) is 3.18. The van der Waals surface area contributed by atoms with E-state index in [4.69, 9.17) is 23.2 Å². The van der Waals surface area contributed by atoms with Crippen molar-refractivity contribution in [3.05, 3.63) is 52.6 Å². The van der Waals surface area contributed by atoms with Crippen LogP contribution in [0.15, 0.2) is 42.6 Å². The summed E-state index contributed by atoms with van der Waals surface area (Å²) in [6, 6.07) is 8.47. The van der Waals surface area contributed by atoms with Crippen molar-refractivity contribution in [3.63, 3.8) is 0 Å². The number of halogens is 2. The number of sulfonamides is 1. The third-order valence-corrected chi connectivity index (χ3v) is 4.93. The number of nitrogens with one attached hydrogen (secondary N) is 1. The van der Waals surface area contributed by atoms with Gasteiger partial charge in [0.25, 0.3) is 0 Å². The van der Waals surface area contributed by atoms with Gasteiger partial charge in [-0.2, -0.15) is 0 Å². The first-order valence-corrected chi connectivity index (χ1v) is 9.47. The maximum absolute atomic E-state index is 12.4. The fraction of sp³-hybridized carbons (Fsp3) is 0.200. The van der Waals surface area contributed by atoms with E-state index in [1.54, 1.807) is 24.3 Å².